The van der Waals surface area contributed by atoms with Gasteiger partial charge in [0.15, 0.2) is 6.23 Å². The molecule has 2 aromatic rings. The Morgan fingerprint density at radius 1 is 1.31 bits per heavy atom. The molecule has 1 unspecified atom stereocenters. The molecule has 1 aliphatic heterocycles. The number of nitrogens with one attached hydrogen (secondary N) is 2. The van der Waals surface area contributed by atoms with Crippen molar-refractivity contribution in [3.63, 3.8) is 0 Å². The SMILES string of the molecule is CC(C)n1c2c(c3ccccc31)NNC2O. The normalized spacial score (nSPS) is 19.1. The van der Waals surface area contributed by atoms with E-state index in [2.05, 4.69) is 41.4 Å². The van der Waals surface area contributed by atoms with Gasteiger partial charge >= 0.3 is 0 Å². The van der Waals surface area contributed by atoms with Gasteiger partial charge in [-0.15, -0.1) is 0 Å². The molecule has 0 saturated carbocycles. The summed E-state index contributed by atoms with van der Waals surface area (Å²) in [5.41, 5.74) is 8.97. The molecule has 0 spiro atoms. The van der Waals surface area contributed by atoms with Crippen molar-refractivity contribution in [2.24, 2.45) is 0 Å². The Labute approximate surface area is 93.9 Å². The van der Waals surface area contributed by atoms with E-state index in [0.29, 0.717) is 6.04 Å². The van der Waals surface area contributed by atoms with Crippen molar-refractivity contribution in [1.82, 2.24) is 9.99 Å². The summed E-state index contributed by atoms with van der Waals surface area (Å²) < 4.78 is 2.17. The average molecular weight is 217 g/mol. The fourth-order valence-electron chi connectivity index (χ4n) is 2.45. The summed E-state index contributed by atoms with van der Waals surface area (Å²) >= 11 is 0. The minimum Gasteiger partial charge on any atom is -0.371 e. The molecule has 1 aromatic heterocycles. The van der Waals surface area contributed by atoms with Crippen LogP contribution in [0.5, 0.6) is 0 Å². The standard InChI is InChI=1S/C12H15N3O/c1-7(2)15-9-6-4-3-5-8(9)10-11(15)12(16)14-13-10/h3-7,12-14,16H,1-2H3. The van der Waals surface area contributed by atoms with Crippen LogP contribution in [-0.2, 0) is 0 Å². The second-order valence-electron chi connectivity index (χ2n) is 4.41. The fourth-order valence-corrected chi connectivity index (χ4v) is 2.45. The molecular weight excluding hydrogens is 202 g/mol. The van der Waals surface area contributed by atoms with Crippen molar-refractivity contribution >= 4 is 16.6 Å². The second-order valence-corrected chi connectivity index (χ2v) is 4.41. The number of aliphatic hydroxyl groups is 1. The summed E-state index contributed by atoms with van der Waals surface area (Å²) in [6.45, 7) is 4.25. The zero-order valence-electron chi connectivity index (χ0n) is 9.36. The molecule has 16 heavy (non-hydrogen) atoms. The monoisotopic (exact) mass is 217 g/mol. The van der Waals surface area contributed by atoms with E-state index in [1.807, 2.05) is 12.1 Å². The van der Waals surface area contributed by atoms with E-state index in [1.165, 1.54) is 0 Å². The lowest BCUT2D eigenvalue weighted by Gasteiger charge is -2.15. The van der Waals surface area contributed by atoms with Crippen LogP contribution in [0.4, 0.5) is 5.69 Å². The molecule has 4 nitrogen and oxygen atoms in total. The van der Waals surface area contributed by atoms with Crippen LogP contribution in [0.3, 0.4) is 0 Å². The summed E-state index contributed by atoms with van der Waals surface area (Å²) in [7, 11) is 0. The first-order chi connectivity index (χ1) is 7.70. The Bertz CT molecular complexity index is 544. The van der Waals surface area contributed by atoms with E-state index < -0.39 is 6.23 Å². The van der Waals surface area contributed by atoms with E-state index in [0.717, 1.165) is 22.3 Å². The third kappa shape index (κ3) is 1.11. The lowest BCUT2D eigenvalue weighted by molar-refractivity contribution is 0.149. The van der Waals surface area contributed by atoms with Crippen LogP contribution in [0, 0.1) is 0 Å². The van der Waals surface area contributed by atoms with Gasteiger partial charge in [0, 0.05) is 11.4 Å². The van der Waals surface area contributed by atoms with Gasteiger partial charge in [-0.25, -0.2) is 5.43 Å². The van der Waals surface area contributed by atoms with E-state index in [9.17, 15) is 5.11 Å². The maximum absolute atomic E-state index is 9.92. The number of para-hydroxylation sites is 1. The largest absolute Gasteiger partial charge is 0.371 e. The number of nitrogens with zero attached hydrogens (tertiary/aromatic N) is 1. The third-order valence-corrected chi connectivity index (χ3v) is 3.06. The number of fused-ring (bicyclic) bond motifs is 3. The molecule has 0 bridgehead atoms. The van der Waals surface area contributed by atoms with Crippen LogP contribution in [0.1, 0.15) is 31.8 Å². The highest BCUT2D eigenvalue weighted by molar-refractivity contribution is 5.96. The maximum Gasteiger partial charge on any atom is 0.164 e. The zero-order valence-corrected chi connectivity index (χ0v) is 9.36. The van der Waals surface area contributed by atoms with E-state index >= 15 is 0 Å². The van der Waals surface area contributed by atoms with Gasteiger partial charge in [-0.05, 0) is 19.9 Å². The molecule has 0 fully saturated rings. The predicted molar refractivity (Wildman–Crippen MR) is 64.0 cm³/mol. The van der Waals surface area contributed by atoms with Crippen LogP contribution in [0.15, 0.2) is 24.3 Å². The van der Waals surface area contributed by atoms with Crippen LogP contribution in [0.2, 0.25) is 0 Å². The zero-order chi connectivity index (χ0) is 11.3. The Kier molecular flexibility index (Phi) is 1.96. The number of rotatable bonds is 1. The molecule has 0 aliphatic carbocycles. The first-order valence-electron chi connectivity index (χ1n) is 5.52. The Morgan fingerprint density at radius 3 is 2.81 bits per heavy atom. The van der Waals surface area contributed by atoms with Crippen LogP contribution < -0.4 is 10.9 Å². The first kappa shape index (κ1) is 9.69. The maximum atomic E-state index is 9.92. The topological polar surface area (TPSA) is 49.2 Å². The van der Waals surface area contributed by atoms with E-state index in [-0.39, 0.29) is 0 Å². The summed E-state index contributed by atoms with van der Waals surface area (Å²) in [6.07, 6.45) is -0.634. The predicted octanol–water partition coefficient (Wildman–Crippen LogP) is 2.14. The minimum atomic E-state index is -0.634. The number of hydrogen-bond acceptors (Lipinski definition) is 3. The Morgan fingerprint density at radius 2 is 2.06 bits per heavy atom. The second kappa shape index (κ2) is 3.23. The number of anilines is 1. The minimum absolute atomic E-state index is 0.324. The highest BCUT2D eigenvalue weighted by Crippen LogP contribution is 2.38. The number of aromatic nitrogens is 1. The van der Waals surface area contributed by atoms with Gasteiger partial charge in [0.2, 0.25) is 0 Å². The summed E-state index contributed by atoms with van der Waals surface area (Å²) in [4.78, 5) is 0. The van der Waals surface area contributed by atoms with Crippen molar-refractivity contribution in [3.8, 4) is 0 Å². The number of benzene rings is 1. The number of hydrazine groups is 1. The summed E-state index contributed by atoms with van der Waals surface area (Å²) in [6, 6.07) is 8.52. The van der Waals surface area contributed by atoms with Gasteiger partial charge in [-0.1, -0.05) is 18.2 Å². The van der Waals surface area contributed by atoms with E-state index in [4.69, 9.17) is 0 Å². The molecule has 0 radical (unpaired) electrons. The van der Waals surface area contributed by atoms with Gasteiger partial charge in [0.05, 0.1) is 16.9 Å². The molecule has 1 aliphatic rings. The van der Waals surface area contributed by atoms with Crippen LogP contribution >= 0.6 is 0 Å². The quantitative estimate of drug-likeness (QED) is 0.686. The van der Waals surface area contributed by atoms with Crippen molar-refractivity contribution < 1.29 is 5.11 Å². The summed E-state index contributed by atoms with van der Waals surface area (Å²) in [5, 5.41) is 11.1. The Hall–Kier alpha value is -1.52. The molecule has 3 rings (SSSR count). The van der Waals surface area contributed by atoms with Gasteiger partial charge in [-0.2, -0.15) is 0 Å². The summed E-state index contributed by atoms with van der Waals surface area (Å²) in [5.74, 6) is 0. The molecule has 4 heteroatoms. The van der Waals surface area contributed by atoms with Crippen molar-refractivity contribution in [2.75, 3.05) is 5.43 Å². The number of hydrogen-bond donors (Lipinski definition) is 3. The molecule has 1 aromatic carbocycles. The highest BCUT2D eigenvalue weighted by Gasteiger charge is 2.28. The molecule has 0 amide bonds. The number of aliphatic hydroxyl groups excluding tert-OH is 1. The molecule has 3 N–H and O–H groups in total. The van der Waals surface area contributed by atoms with Crippen LogP contribution in [-0.4, -0.2) is 9.67 Å². The molecule has 1 atom stereocenters. The van der Waals surface area contributed by atoms with Gasteiger partial charge in [0.25, 0.3) is 0 Å². The van der Waals surface area contributed by atoms with Gasteiger partial charge in [-0.3, -0.25) is 0 Å². The highest BCUT2D eigenvalue weighted by atomic mass is 16.3. The lowest BCUT2D eigenvalue weighted by atomic mass is 10.2. The first-order valence-corrected chi connectivity index (χ1v) is 5.52. The molecule has 84 valence electrons. The third-order valence-electron chi connectivity index (χ3n) is 3.06. The van der Waals surface area contributed by atoms with E-state index in [1.54, 1.807) is 0 Å². The van der Waals surface area contributed by atoms with Crippen molar-refractivity contribution in [3.05, 3.63) is 30.0 Å². The van der Waals surface area contributed by atoms with Gasteiger partial charge in [0.1, 0.15) is 0 Å². The molecule has 2 heterocycles. The van der Waals surface area contributed by atoms with Crippen LogP contribution in [0.25, 0.3) is 10.9 Å². The fraction of sp³-hybridized carbons (Fsp3) is 0.333. The van der Waals surface area contributed by atoms with Gasteiger partial charge < -0.3 is 15.1 Å². The smallest absolute Gasteiger partial charge is 0.164 e. The average Bonchev–Trinajstić information content (AvgIpc) is 2.77. The van der Waals surface area contributed by atoms with Crippen molar-refractivity contribution in [2.45, 2.75) is 26.1 Å². The Balaban J connectivity index is 2.41. The lowest BCUT2D eigenvalue weighted by Crippen LogP contribution is -2.20. The van der Waals surface area contributed by atoms with Crippen molar-refractivity contribution in [1.29, 1.82) is 0 Å². The molecule has 0 saturated heterocycles. The molecular formula is C12H15N3O.